The van der Waals surface area contributed by atoms with Crippen LogP contribution in [0.25, 0.3) is 0 Å². The van der Waals surface area contributed by atoms with Gasteiger partial charge in [0.05, 0.1) is 12.6 Å². The third kappa shape index (κ3) is 3.75. The Labute approximate surface area is 122 Å². The molecule has 20 heavy (non-hydrogen) atoms. The molecule has 0 aliphatic rings. The quantitative estimate of drug-likeness (QED) is 0.718. The van der Waals surface area contributed by atoms with Gasteiger partial charge < -0.3 is 9.84 Å². The standard InChI is InChI=1S/C11H18N2O5S2/c1-4-11(2,5-6-14)13-20(16,17)10-8(9(15)18-3)12-7-19-10/h7,13-14H,4-6H2,1-3H3. The second-order valence-corrected chi connectivity index (χ2v) is 7.21. The van der Waals surface area contributed by atoms with Gasteiger partial charge in [-0.2, -0.15) is 0 Å². The van der Waals surface area contributed by atoms with Gasteiger partial charge in [0.2, 0.25) is 0 Å². The predicted molar refractivity (Wildman–Crippen MR) is 74.2 cm³/mol. The molecule has 0 amide bonds. The van der Waals surface area contributed by atoms with Crippen LogP contribution in [0.3, 0.4) is 0 Å². The van der Waals surface area contributed by atoms with E-state index in [0.29, 0.717) is 6.42 Å². The van der Waals surface area contributed by atoms with Crippen LogP contribution in [0, 0.1) is 0 Å². The number of sulfonamides is 1. The fourth-order valence-corrected chi connectivity index (χ4v) is 4.22. The first kappa shape index (κ1) is 17.0. The first-order chi connectivity index (χ1) is 9.29. The van der Waals surface area contributed by atoms with Gasteiger partial charge in [-0.15, -0.1) is 11.3 Å². The number of carbonyl (C=O) groups is 1. The van der Waals surface area contributed by atoms with Gasteiger partial charge in [-0.25, -0.2) is 22.9 Å². The molecule has 1 heterocycles. The van der Waals surface area contributed by atoms with Crippen molar-refractivity contribution in [2.75, 3.05) is 13.7 Å². The smallest absolute Gasteiger partial charge is 0.358 e. The van der Waals surface area contributed by atoms with E-state index in [4.69, 9.17) is 5.11 Å². The molecule has 0 saturated carbocycles. The summed E-state index contributed by atoms with van der Waals surface area (Å²) in [5.74, 6) is -0.799. The minimum Gasteiger partial charge on any atom is -0.464 e. The van der Waals surface area contributed by atoms with Crippen LogP contribution in [-0.4, -0.2) is 43.7 Å². The highest BCUT2D eigenvalue weighted by Crippen LogP contribution is 2.24. The number of hydrogen-bond donors (Lipinski definition) is 2. The zero-order valence-corrected chi connectivity index (χ0v) is 13.2. The second-order valence-electron chi connectivity index (χ2n) is 4.47. The van der Waals surface area contributed by atoms with Crippen LogP contribution in [0.4, 0.5) is 0 Å². The highest BCUT2D eigenvalue weighted by atomic mass is 32.2. The molecule has 0 bridgehead atoms. The predicted octanol–water partition coefficient (Wildman–Crippen LogP) is 0.759. The van der Waals surface area contributed by atoms with E-state index in [1.807, 2.05) is 6.92 Å². The molecule has 0 spiro atoms. The van der Waals surface area contributed by atoms with E-state index in [1.54, 1.807) is 6.92 Å². The van der Waals surface area contributed by atoms with E-state index in [0.717, 1.165) is 18.4 Å². The number of nitrogens with one attached hydrogen (secondary N) is 1. The van der Waals surface area contributed by atoms with Crippen molar-refractivity contribution in [2.45, 2.75) is 36.4 Å². The fraction of sp³-hybridized carbons (Fsp3) is 0.636. The van der Waals surface area contributed by atoms with Crippen LogP contribution in [0.1, 0.15) is 37.2 Å². The molecule has 0 aliphatic carbocycles. The molecular weight excluding hydrogens is 304 g/mol. The third-order valence-corrected chi connectivity index (χ3v) is 5.99. The molecule has 1 atom stereocenters. The van der Waals surface area contributed by atoms with Crippen LogP contribution in [0.15, 0.2) is 9.72 Å². The van der Waals surface area contributed by atoms with Crippen molar-refractivity contribution >= 4 is 27.3 Å². The number of nitrogens with zero attached hydrogens (tertiary/aromatic N) is 1. The summed E-state index contributed by atoms with van der Waals surface area (Å²) in [6.45, 7) is 3.37. The lowest BCUT2D eigenvalue weighted by Gasteiger charge is -2.28. The molecule has 1 rings (SSSR count). The normalized spacial score (nSPS) is 14.8. The van der Waals surface area contributed by atoms with Crippen LogP contribution in [0.5, 0.6) is 0 Å². The van der Waals surface area contributed by atoms with Crippen LogP contribution < -0.4 is 4.72 Å². The summed E-state index contributed by atoms with van der Waals surface area (Å²) >= 11 is 0.845. The number of hydrogen-bond acceptors (Lipinski definition) is 7. The van der Waals surface area contributed by atoms with Gasteiger partial charge in [-0.05, 0) is 19.8 Å². The van der Waals surface area contributed by atoms with E-state index in [9.17, 15) is 13.2 Å². The Morgan fingerprint density at radius 1 is 1.60 bits per heavy atom. The summed E-state index contributed by atoms with van der Waals surface area (Å²) in [6.07, 6.45) is 0.772. The molecule has 1 aromatic heterocycles. The summed E-state index contributed by atoms with van der Waals surface area (Å²) in [5.41, 5.74) is 0.258. The molecule has 0 fully saturated rings. The number of esters is 1. The fourth-order valence-electron chi connectivity index (χ4n) is 1.58. The molecular formula is C11H18N2O5S2. The Balaban J connectivity index is 3.12. The SMILES string of the molecule is CCC(C)(CCO)NS(=O)(=O)c1scnc1C(=O)OC. The highest BCUT2D eigenvalue weighted by Gasteiger charge is 2.33. The largest absolute Gasteiger partial charge is 0.464 e. The minimum absolute atomic E-state index is 0.139. The van der Waals surface area contributed by atoms with Crippen molar-refractivity contribution in [3.05, 3.63) is 11.2 Å². The van der Waals surface area contributed by atoms with E-state index in [1.165, 1.54) is 5.51 Å². The summed E-state index contributed by atoms with van der Waals surface area (Å²) in [6, 6.07) is 0. The Morgan fingerprint density at radius 3 is 2.75 bits per heavy atom. The van der Waals surface area contributed by atoms with Gasteiger partial charge in [0.15, 0.2) is 9.90 Å². The number of thiazole rings is 1. The molecule has 1 unspecified atom stereocenters. The zero-order valence-electron chi connectivity index (χ0n) is 11.5. The van der Waals surface area contributed by atoms with Crippen LogP contribution in [-0.2, 0) is 14.8 Å². The van der Waals surface area contributed by atoms with E-state index >= 15 is 0 Å². The molecule has 0 saturated heterocycles. The molecule has 0 aromatic carbocycles. The number of rotatable bonds is 7. The average Bonchev–Trinajstić information content (AvgIpc) is 2.87. The van der Waals surface area contributed by atoms with E-state index < -0.39 is 21.5 Å². The molecule has 114 valence electrons. The molecule has 0 radical (unpaired) electrons. The monoisotopic (exact) mass is 322 g/mol. The maximum absolute atomic E-state index is 12.4. The average molecular weight is 322 g/mol. The first-order valence-electron chi connectivity index (χ1n) is 5.96. The van der Waals surface area contributed by atoms with Crippen molar-refractivity contribution < 1.29 is 23.1 Å². The molecule has 7 nitrogen and oxygen atoms in total. The summed E-state index contributed by atoms with van der Waals surface area (Å²) in [5, 5.41) is 9.02. The van der Waals surface area contributed by atoms with Gasteiger partial charge in [-0.3, -0.25) is 0 Å². The lowest BCUT2D eigenvalue weighted by molar-refractivity contribution is 0.0590. The number of aromatic nitrogens is 1. The summed E-state index contributed by atoms with van der Waals surface area (Å²) in [7, 11) is -2.74. The number of aliphatic hydroxyl groups is 1. The van der Waals surface area contributed by atoms with Gasteiger partial charge in [-0.1, -0.05) is 6.92 Å². The third-order valence-electron chi connectivity index (χ3n) is 2.98. The van der Waals surface area contributed by atoms with Crippen molar-refractivity contribution in [1.82, 2.24) is 9.71 Å². The molecule has 1 aromatic rings. The molecule has 9 heteroatoms. The van der Waals surface area contributed by atoms with Crippen molar-refractivity contribution in [3.8, 4) is 0 Å². The Hall–Kier alpha value is -1.03. The zero-order chi connectivity index (χ0) is 15.4. The van der Waals surface area contributed by atoms with Gasteiger partial charge in [0, 0.05) is 12.1 Å². The van der Waals surface area contributed by atoms with Gasteiger partial charge in [0.25, 0.3) is 10.0 Å². The van der Waals surface area contributed by atoms with E-state index in [-0.39, 0.29) is 22.9 Å². The van der Waals surface area contributed by atoms with Crippen molar-refractivity contribution in [1.29, 1.82) is 0 Å². The first-order valence-corrected chi connectivity index (χ1v) is 8.32. The van der Waals surface area contributed by atoms with Gasteiger partial charge in [0.1, 0.15) is 0 Å². The Kier molecular flexibility index (Phi) is 5.63. The number of carbonyl (C=O) groups excluding carboxylic acids is 1. The topological polar surface area (TPSA) is 106 Å². The minimum atomic E-state index is -3.90. The maximum Gasteiger partial charge on any atom is 0.358 e. The van der Waals surface area contributed by atoms with Crippen LogP contribution >= 0.6 is 11.3 Å². The highest BCUT2D eigenvalue weighted by molar-refractivity contribution is 7.91. The Bertz CT molecular complexity index is 569. The van der Waals surface area contributed by atoms with Crippen molar-refractivity contribution in [3.63, 3.8) is 0 Å². The molecule has 2 N–H and O–H groups in total. The summed E-state index contributed by atoms with van der Waals surface area (Å²) < 4.78 is 31.6. The second kappa shape index (κ2) is 6.61. The summed E-state index contributed by atoms with van der Waals surface area (Å²) in [4.78, 5) is 15.2. The number of methoxy groups -OCH3 is 1. The lowest BCUT2D eigenvalue weighted by atomic mass is 9.97. The Morgan fingerprint density at radius 2 is 2.25 bits per heavy atom. The molecule has 0 aliphatic heterocycles. The van der Waals surface area contributed by atoms with Gasteiger partial charge >= 0.3 is 5.97 Å². The van der Waals surface area contributed by atoms with E-state index in [2.05, 4.69) is 14.4 Å². The van der Waals surface area contributed by atoms with Crippen molar-refractivity contribution in [2.24, 2.45) is 0 Å². The maximum atomic E-state index is 12.4. The number of ether oxygens (including phenoxy) is 1. The van der Waals surface area contributed by atoms with Crippen LogP contribution in [0.2, 0.25) is 0 Å². The number of aliphatic hydroxyl groups excluding tert-OH is 1. The lowest BCUT2D eigenvalue weighted by Crippen LogP contribution is -2.46.